The Morgan fingerprint density at radius 1 is 1.58 bits per heavy atom. The molecular formula is C14H18ClNO3. The number of ether oxygens (including phenoxy) is 1. The summed E-state index contributed by atoms with van der Waals surface area (Å²) in [6.07, 6.45) is 1.83. The maximum atomic E-state index is 11.5. The Hall–Kier alpha value is -1.26. The van der Waals surface area contributed by atoms with E-state index in [1.54, 1.807) is 25.1 Å². The lowest BCUT2D eigenvalue weighted by molar-refractivity contribution is -0.123. The van der Waals surface area contributed by atoms with Crippen molar-refractivity contribution in [3.63, 3.8) is 0 Å². The van der Waals surface area contributed by atoms with Crippen molar-refractivity contribution in [2.45, 2.75) is 25.9 Å². The van der Waals surface area contributed by atoms with Gasteiger partial charge >= 0.3 is 0 Å². The second kappa shape index (κ2) is 6.26. The molecule has 0 aliphatic heterocycles. The Kier molecular flexibility index (Phi) is 4.66. The first-order chi connectivity index (χ1) is 9.06. The van der Waals surface area contributed by atoms with Crippen LogP contribution >= 0.6 is 11.6 Å². The highest BCUT2D eigenvalue weighted by molar-refractivity contribution is 6.32. The van der Waals surface area contributed by atoms with Gasteiger partial charge < -0.3 is 15.2 Å². The fourth-order valence-corrected chi connectivity index (χ4v) is 1.91. The number of halogens is 1. The SMILES string of the molecule is C[C@@H](O)c1ccc(OCC(=O)NCC2CC2)c(Cl)c1. The van der Waals surface area contributed by atoms with Crippen LogP contribution in [-0.4, -0.2) is 24.2 Å². The molecule has 0 saturated heterocycles. The molecule has 1 aliphatic carbocycles. The molecule has 0 aromatic heterocycles. The minimum absolute atomic E-state index is 0.0412. The van der Waals surface area contributed by atoms with Crippen molar-refractivity contribution in [2.75, 3.05) is 13.2 Å². The van der Waals surface area contributed by atoms with Crippen LogP contribution in [0.4, 0.5) is 0 Å². The van der Waals surface area contributed by atoms with Crippen molar-refractivity contribution in [1.82, 2.24) is 5.32 Å². The molecule has 2 N–H and O–H groups in total. The molecule has 104 valence electrons. The van der Waals surface area contributed by atoms with Gasteiger partial charge in [0, 0.05) is 6.54 Å². The Morgan fingerprint density at radius 2 is 2.32 bits per heavy atom. The largest absolute Gasteiger partial charge is 0.482 e. The van der Waals surface area contributed by atoms with E-state index in [1.807, 2.05) is 0 Å². The van der Waals surface area contributed by atoms with Crippen molar-refractivity contribution in [3.8, 4) is 5.75 Å². The Balaban J connectivity index is 1.82. The van der Waals surface area contributed by atoms with E-state index >= 15 is 0 Å². The second-order valence-electron chi connectivity index (χ2n) is 4.90. The molecule has 1 aromatic carbocycles. The molecule has 1 saturated carbocycles. The van der Waals surface area contributed by atoms with Gasteiger partial charge in [0.15, 0.2) is 6.61 Å². The minimum atomic E-state index is -0.576. The molecule has 0 radical (unpaired) electrons. The quantitative estimate of drug-likeness (QED) is 0.842. The predicted molar refractivity (Wildman–Crippen MR) is 73.3 cm³/mol. The van der Waals surface area contributed by atoms with Crippen LogP contribution in [0.15, 0.2) is 18.2 Å². The van der Waals surface area contributed by atoms with Crippen molar-refractivity contribution in [2.24, 2.45) is 5.92 Å². The fourth-order valence-electron chi connectivity index (χ4n) is 1.67. The topological polar surface area (TPSA) is 58.6 Å². The number of carbonyl (C=O) groups is 1. The maximum absolute atomic E-state index is 11.5. The average molecular weight is 284 g/mol. The summed E-state index contributed by atoms with van der Waals surface area (Å²) in [7, 11) is 0. The summed E-state index contributed by atoms with van der Waals surface area (Å²) in [5.74, 6) is 0.966. The molecule has 4 nitrogen and oxygen atoms in total. The molecule has 19 heavy (non-hydrogen) atoms. The summed E-state index contributed by atoms with van der Waals surface area (Å²) in [5.41, 5.74) is 0.718. The van der Waals surface area contributed by atoms with E-state index in [-0.39, 0.29) is 12.5 Å². The number of rotatable bonds is 6. The molecule has 0 spiro atoms. The Labute approximate surface area is 117 Å². The first-order valence-electron chi connectivity index (χ1n) is 6.43. The van der Waals surface area contributed by atoms with Crippen molar-refractivity contribution >= 4 is 17.5 Å². The van der Waals surface area contributed by atoms with Gasteiger partial charge in [-0.05, 0) is 43.4 Å². The van der Waals surface area contributed by atoms with Crippen LogP contribution < -0.4 is 10.1 Å². The predicted octanol–water partition coefficient (Wildman–Crippen LogP) is 2.30. The van der Waals surface area contributed by atoms with Crippen LogP contribution in [0, 0.1) is 5.92 Å². The third-order valence-electron chi connectivity index (χ3n) is 3.08. The lowest BCUT2D eigenvalue weighted by Gasteiger charge is -2.11. The van der Waals surface area contributed by atoms with Crippen LogP contribution in [0.2, 0.25) is 5.02 Å². The van der Waals surface area contributed by atoms with Gasteiger partial charge in [-0.15, -0.1) is 0 Å². The van der Waals surface area contributed by atoms with Crippen LogP contribution in [0.5, 0.6) is 5.75 Å². The van der Waals surface area contributed by atoms with E-state index in [2.05, 4.69) is 5.32 Å². The monoisotopic (exact) mass is 283 g/mol. The van der Waals surface area contributed by atoms with Crippen molar-refractivity contribution < 1.29 is 14.6 Å². The van der Waals surface area contributed by atoms with Crippen LogP contribution in [-0.2, 0) is 4.79 Å². The zero-order valence-electron chi connectivity index (χ0n) is 10.9. The highest BCUT2D eigenvalue weighted by Gasteiger charge is 2.21. The average Bonchev–Trinajstić information content (AvgIpc) is 3.18. The first kappa shape index (κ1) is 14.2. The number of nitrogens with one attached hydrogen (secondary N) is 1. The smallest absolute Gasteiger partial charge is 0.257 e. The summed E-state index contributed by atoms with van der Waals surface area (Å²) >= 11 is 6.03. The zero-order chi connectivity index (χ0) is 13.8. The summed E-state index contributed by atoms with van der Waals surface area (Å²) in [6, 6.07) is 5.04. The lowest BCUT2D eigenvalue weighted by atomic mass is 10.1. The van der Waals surface area contributed by atoms with Gasteiger partial charge in [0.05, 0.1) is 11.1 Å². The summed E-state index contributed by atoms with van der Waals surface area (Å²) in [4.78, 5) is 11.5. The summed E-state index contributed by atoms with van der Waals surface area (Å²) < 4.78 is 5.36. The van der Waals surface area contributed by atoms with Crippen LogP contribution in [0.25, 0.3) is 0 Å². The van der Waals surface area contributed by atoms with Gasteiger partial charge in [-0.2, -0.15) is 0 Å². The van der Waals surface area contributed by atoms with E-state index in [9.17, 15) is 9.90 Å². The van der Waals surface area contributed by atoms with Gasteiger partial charge in [0.1, 0.15) is 5.75 Å². The van der Waals surface area contributed by atoms with E-state index in [0.29, 0.717) is 16.7 Å². The van der Waals surface area contributed by atoms with E-state index < -0.39 is 6.10 Å². The molecule has 1 atom stereocenters. The number of carbonyl (C=O) groups excluding carboxylic acids is 1. The minimum Gasteiger partial charge on any atom is -0.482 e. The van der Waals surface area contributed by atoms with Crippen molar-refractivity contribution in [1.29, 1.82) is 0 Å². The molecule has 1 amide bonds. The number of aliphatic hydroxyl groups excluding tert-OH is 1. The molecule has 1 aromatic rings. The third kappa shape index (κ3) is 4.40. The Bertz CT molecular complexity index is 458. The second-order valence-corrected chi connectivity index (χ2v) is 5.31. The number of hydrogen-bond acceptors (Lipinski definition) is 3. The van der Waals surface area contributed by atoms with Crippen LogP contribution in [0.3, 0.4) is 0 Å². The van der Waals surface area contributed by atoms with Crippen LogP contribution in [0.1, 0.15) is 31.4 Å². The van der Waals surface area contributed by atoms with Gasteiger partial charge in [-0.1, -0.05) is 17.7 Å². The summed E-state index contributed by atoms with van der Waals surface area (Å²) in [5, 5.41) is 12.6. The summed E-state index contributed by atoms with van der Waals surface area (Å²) in [6.45, 7) is 2.36. The number of amides is 1. The van der Waals surface area contributed by atoms with Gasteiger partial charge in [-0.25, -0.2) is 0 Å². The van der Waals surface area contributed by atoms with E-state index in [1.165, 1.54) is 12.8 Å². The highest BCUT2D eigenvalue weighted by Crippen LogP contribution is 2.28. The van der Waals surface area contributed by atoms with E-state index in [4.69, 9.17) is 16.3 Å². The molecular weight excluding hydrogens is 266 g/mol. The molecule has 5 heteroatoms. The molecule has 0 heterocycles. The number of benzene rings is 1. The van der Waals surface area contributed by atoms with Gasteiger partial charge in [-0.3, -0.25) is 4.79 Å². The first-order valence-corrected chi connectivity index (χ1v) is 6.81. The van der Waals surface area contributed by atoms with Gasteiger partial charge in [0.2, 0.25) is 0 Å². The van der Waals surface area contributed by atoms with E-state index in [0.717, 1.165) is 12.1 Å². The number of aliphatic hydroxyl groups is 1. The normalized spacial score (nSPS) is 15.9. The van der Waals surface area contributed by atoms with Crippen molar-refractivity contribution in [3.05, 3.63) is 28.8 Å². The molecule has 1 aliphatic rings. The molecule has 2 rings (SSSR count). The third-order valence-corrected chi connectivity index (χ3v) is 3.38. The standard InChI is InChI=1S/C14H18ClNO3/c1-9(17)11-4-5-13(12(15)6-11)19-8-14(18)16-7-10-2-3-10/h4-6,9-10,17H,2-3,7-8H2,1H3,(H,16,18)/t9-/m1/s1. The zero-order valence-corrected chi connectivity index (χ0v) is 11.6. The maximum Gasteiger partial charge on any atom is 0.257 e. The fraction of sp³-hybridized carbons (Fsp3) is 0.500. The number of hydrogen-bond donors (Lipinski definition) is 2. The molecule has 1 fully saturated rings. The molecule has 0 unspecified atom stereocenters. The lowest BCUT2D eigenvalue weighted by Crippen LogP contribution is -2.30. The van der Waals surface area contributed by atoms with Gasteiger partial charge in [0.25, 0.3) is 5.91 Å². The Morgan fingerprint density at radius 3 is 2.89 bits per heavy atom. The highest BCUT2D eigenvalue weighted by atomic mass is 35.5. The molecule has 0 bridgehead atoms.